The second-order valence-electron chi connectivity index (χ2n) is 15.3. The Morgan fingerprint density at radius 2 is 1.21 bits per heavy atom. The number of thiazole rings is 2. The lowest BCUT2D eigenvalue weighted by Gasteiger charge is -2.07. The van der Waals surface area contributed by atoms with Gasteiger partial charge < -0.3 is 10.2 Å². The van der Waals surface area contributed by atoms with Crippen LogP contribution in [0.25, 0.3) is 9.92 Å². The minimum Gasteiger partial charge on any atom is -0.396 e. The van der Waals surface area contributed by atoms with Crippen LogP contribution in [0.5, 0.6) is 0 Å². The fourth-order valence-corrected chi connectivity index (χ4v) is 9.98. The van der Waals surface area contributed by atoms with Crippen molar-refractivity contribution in [3.05, 3.63) is 100 Å². The highest BCUT2D eigenvalue weighted by Gasteiger charge is 2.42. The van der Waals surface area contributed by atoms with E-state index in [0.717, 1.165) is 66.7 Å². The molecule has 4 aliphatic carbocycles. The van der Waals surface area contributed by atoms with Crippen molar-refractivity contribution in [2.45, 2.75) is 103 Å². The predicted octanol–water partition coefficient (Wildman–Crippen LogP) is 5.18. The predicted molar refractivity (Wildman–Crippen MR) is 200 cm³/mol. The molecular formula is C38H44N8O4S2. The number of rotatable bonds is 10. The molecule has 4 atom stereocenters. The fraction of sp³-hybridized carbons (Fsp3) is 0.526. The van der Waals surface area contributed by atoms with E-state index in [1.165, 1.54) is 37.1 Å². The van der Waals surface area contributed by atoms with Crippen LogP contribution in [0.15, 0.2) is 33.9 Å². The van der Waals surface area contributed by atoms with Crippen molar-refractivity contribution in [1.29, 1.82) is 0 Å². The first-order valence-electron chi connectivity index (χ1n) is 18.4. The summed E-state index contributed by atoms with van der Waals surface area (Å²) in [6, 6.07) is 7.58. The van der Waals surface area contributed by atoms with Crippen LogP contribution >= 0.6 is 22.7 Å². The van der Waals surface area contributed by atoms with Crippen molar-refractivity contribution in [2.75, 3.05) is 13.2 Å². The smallest absolute Gasteiger partial charge is 0.259 e. The summed E-state index contributed by atoms with van der Waals surface area (Å²) >= 11 is 3.13. The van der Waals surface area contributed by atoms with E-state index < -0.39 is 0 Å². The third-order valence-electron chi connectivity index (χ3n) is 11.1. The highest BCUT2D eigenvalue weighted by molar-refractivity contribution is 7.17. The lowest BCUT2D eigenvalue weighted by molar-refractivity contribution is 0.273. The van der Waals surface area contributed by atoms with Crippen molar-refractivity contribution < 1.29 is 10.2 Å². The van der Waals surface area contributed by atoms with Crippen molar-refractivity contribution in [3.63, 3.8) is 0 Å². The van der Waals surface area contributed by atoms with Crippen LogP contribution in [-0.2, 0) is 13.1 Å². The van der Waals surface area contributed by atoms with Gasteiger partial charge >= 0.3 is 0 Å². The number of aromatic nitrogens is 8. The summed E-state index contributed by atoms with van der Waals surface area (Å²) in [5.74, 6) is 2.37. The summed E-state index contributed by atoms with van der Waals surface area (Å²) in [5, 5.41) is 28.1. The normalized spacial score (nSPS) is 22.3. The molecule has 272 valence electrons. The minimum absolute atomic E-state index is 0.0233. The Kier molecular flexibility index (Phi) is 8.36. The third kappa shape index (κ3) is 6.26. The third-order valence-corrected chi connectivity index (χ3v) is 13.1. The summed E-state index contributed by atoms with van der Waals surface area (Å²) in [7, 11) is 0. The van der Waals surface area contributed by atoms with Gasteiger partial charge in [0.05, 0.1) is 35.9 Å². The van der Waals surface area contributed by atoms with Crippen LogP contribution < -0.4 is 11.1 Å². The Morgan fingerprint density at radius 3 is 1.69 bits per heavy atom. The molecule has 4 aliphatic rings. The Morgan fingerprint density at radius 1 is 0.692 bits per heavy atom. The average Bonchev–Trinajstić information content (AvgIpc) is 3.96. The van der Waals surface area contributed by atoms with Gasteiger partial charge in [-0.1, -0.05) is 0 Å². The fourth-order valence-electron chi connectivity index (χ4n) is 7.85. The molecule has 0 saturated heterocycles. The molecule has 2 N–H and O–H groups in total. The molecule has 4 fully saturated rings. The van der Waals surface area contributed by atoms with Crippen LogP contribution in [0.2, 0.25) is 0 Å². The van der Waals surface area contributed by atoms with Gasteiger partial charge in [-0.15, -0.1) is 22.7 Å². The Bertz CT molecular complexity index is 2460. The summed E-state index contributed by atoms with van der Waals surface area (Å²) in [4.78, 5) is 38.9. The van der Waals surface area contributed by atoms with Gasteiger partial charge in [0, 0.05) is 81.5 Å². The monoisotopic (exact) mass is 740 g/mol. The van der Waals surface area contributed by atoms with E-state index in [1.54, 1.807) is 43.6 Å². The van der Waals surface area contributed by atoms with E-state index in [4.69, 9.17) is 15.1 Å². The van der Waals surface area contributed by atoms with Gasteiger partial charge in [0.25, 0.3) is 11.1 Å². The van der Waals surface area contributed by atoms with Crippen molar-refractivity contribution in [2.24, 2.45) is 11.8 Å². The quantitative estimate of drug-likeness (QED) is 0.196. The molecule has 4 saturated carbocycles. The molecule has 12 nitrogen and oxygen atoms in total. The molecule has 0 bridgehead atoms. The average molecular weight is 741 g/mol. The van der Waals surface area contributed by atoms with Gasteiger partial charge in [-0.05, 0) is 90.2 Å². The van der Waals surface area contributed by atoms with Gasteiger partial charge in [0.2, 0.25) is 0 Å². The number of hydrogen-bond donors (Lipinski definition) is 2. The molecule has 0 amide bonds. The van der Waals surface area contributed by atoms with E-state index in [1.807, 2.05) is 30.1 Å². The summed E-state index contributed by atoms with van der Waals surface area (Å²) < 4.78 is 7.46. The molecule has 0 radical (unpaired) electrons. The molecule has 6 aromatic heterocycles. The topological polar surface area (TPSA) is 145 Å². The second-order valence-corrected chi connectivity index (χ2v) is 17.7. The molecule has 0 aliphatic heterocycles. The molecule has 6 heterocycles. The second kappa shape index (κ2) is 12.9. The first-order chi connectivity index (χ1) is 25.1. The lowest BCUT2D eigenvalue weighted by Crippen LogP contribution is -2.18. The number of aliphatic hydroxyl groups excluding tert-OH is 2. The summed E-state index contributed by atoms with van der Waals surface area (Å²) in [5.41, 5.74) is 8.11. The van der Waals surface area contributed by atoms with E-state index >= 15 is 0 Å². The zero-order chi connectivity index (χ0) is 36.0. The van der Waals surface area contributed by atoms with Crippen molar-refractivity contribution in [1.82, 2.24) is 38.3 Å². The maximum absolute atomic E-state index is 12.8. The molecule has 14 heteroatoms. The van der Waals surface area contributed by atoms with Crippen LogP contribution in [0.3, 0.4) is 0 Å². The largest absolute Gasteiger partial charge is 0.396 e. The maximum atomic E-state index is 12.8. The Labute approximate surface area is 308 Å². The first-order valence-corrected chi connectivity index (χ1v) is 20.1. The highest BCUT2D eigenvalue weighted by Crippen LogP contribution is 2.50. The molecule has 6 aromatic rings. The lowest BCUT2D eigenvalue weighted by atomic mass is 10.2. The minimum atomic E-state index is -0.0276. The van der Waals surface area contributed by atoms with E-state index in [0.29, 0.717) is 24.9 Å². The van der Waals surface area contributed by atoms with Crippen molar-refractivity contribution in [3.8, 4) is 0 Å². The maximum Gasteiger partial charge on any atom is 0.259 e. The van der Waals surface area contributed by atoms with E-state index in [9.17, 15) is 19.8 Å². The molecular weight excluding hydrogens is 697 g/mol. The van der Waals surface area contributed by atoms with Crippen LogP contribution in [-0.4, -0.2) is 61.8 Å². The number of fused-ring (bicyclic) bond motifs is 2. The molecule has 0 aromatic carbocycles. The van der Waals surface area contributed by atoms with Gasteiger partial charge in [-0.2, -0.15) is 10.2 Å². The molecule has 0 spiro atoms. The zero-order valence-electron chi connectivity index (χ0n) is 29.9. The number of aryl methyl sites for hydroxylation is 4. The van der Waals surface area contributed by atoms with Gasteiger partial charge in [-0.25, -0.2) is 9.97 Å². The number of hydrogen-bond acceptors (Lipinski definition) is 10. The van der Waals surface area contributed by atoms with Gasteiger partial charge in [0.15, 0.2) is 9.92 Å². The SMILES string of the molecule is Cc1cc(C2CC2)n(Cc2cc(=O)n3c(C4CC4CO)c(C)sc3n2)n1.Cc1sc2nc(Cn3nc(C4CC4)cc3C)cc(=O)n2c1C1CC1CO. The van der Waals surface area contributed by atoms with Gasteiger partial charge in [0.1, 0.15) is 0 Å². The summed E-state index contributed by atoms with van der Waals surface area (Å²) in [6.45, 7) is 9.59. The first kappa shape index (κ1) is 33.8. The zero-order valence-corrected chi connectivity index (χ0v) is 31.6. The molecule has 10 rings (SSSR count). The van der Waals surface area contributed by atoms with Crippen LogP contribution in [0.1, 0.15) is 118 Å². The number of aliphatic hydroxyl groups is 2. The van der Waals surface area contributed by atoms with Gasteiger partial charge in [-0.3, -0.25) is 27.8 Å². The van der Waals surface area contributed by atoms with Crippen LogP contribution in [0.4, 0.5) is 0 Å². The number of nitrogens with zero attached hydrogens (tertiary/aromatic N) is 8. The van der Waals surface area contributed by atoms with Crippen LogP contribution in [0, 0.1) is 39.5 Å². The Hall–Kier alpha value is -3.98. The molecule has 52 heavy (non-hydrogen) atoms. The molecule has 4 unspecified atom stereocenters. The Balaban J connectivity index is 0.000000138. The van der Waals surface area contributed by atoms with E-state index in [-0.39, 0.29) is 48.0 Å². The summed E-state index contributed by atoms with van der Waals surface area (Å²) in [6.07, 6.45) is 6.81. The standard InChI is InChI=1S/2C19H22N4O2S/c1-10-5-16(12-3-4-12)21-22(10)8-14-7-17(25)23-18(15-6-13(15)9-24)11(2)26-19(23)20-14;1-10-5-16(12-3-4-12)22(21-10)8-14-7-17(25)23-18(15-6-13(15)9-24)11(2)26-19(23)20-14/h2*5,7,12-13,15,24H,3-4,6,8-9H2,1-2H3. The highest BCUT2D eigenvalue weighted by atomic mass is 32.1. The van der Waals surface area contributed by atoms with Crippen molar-refractivity contribution >= 4 is 32.6 Å². The van der Waals surface area contributed by atoms with E-state index in [2.05, 4.69) is 24.2 Å².